The van der Waals surface area contributed by atoms with Crippen LogP contribution in [0, 0.1) is 0 Å². The molecule has 11 aromatic carbocycles. The largest absolute Gasteiger partial charge is 0.456 e. The highest BCUT2D eigenvalue weighted by molar-refractivity contribution is 7.25. The van der Waals surface area contributed by atoms with Gasteiger partial charge in [0.1, 0.15) is 11.2 Å². The zero-order chi connectivity index (χ0) is 42.8. The summed E-state index contributed by atoms with van der Waals surface area (Å²) in [4.78, 5) is 2.31. The van der Waals surface area contributed by atoms with E-state index in [2.05, 4.69) is 229 Å². The first kappa shape index (κ1) is 37.3. The summed E-state index contributed by atoms with van der Waals surface area (Å²) in [6.07, 6.45) is 4.44. The quantitative estimate of drug-likeness (QED) is 0.117. The highest BCUT2D eigenvalue weighted by Gasteiger charge is 2.19. The van der Waals surface area contributed by atoms with Crippen molar-refractivity contribution >= 4 is 115 Å². The molecule has 0 aliphatic heterocycles. The van der Waals surface area contributed by atoms with Crippen molar-refractivity contribution in [2.45, 2.75) is 0 Å². The van der Waals surface area contributed by atoms with E-state index in [1.165, 1.54) is 80.3 Å². The lowest BCUT2D eigenvalue weighted by Gasteiger charge is -2.25. The normalized spacial score (nSPS) is 11.9. The van der Waals surface area contributed by atoms with Crippen LogP contribution in [0.3, 0.4) is 0 Å². The molecule has 0 fully saturated rings. The predicted molar refractivity (Wildman–Crippen MR) is 280 cm³/mol. The van der Waals surface area contributed by atoms with Crippen molar-refractivity contribution in [1.82, 2.24) is 0 Å². The number of hydrogen-bond acceptors (Lipinski definition) is 3. The van der Waals surface area contributed by atoms with E-state index in [0.29, 0.717) is 0 Å². The maximum Gasteiger partial charge on any atom is 0.135 e. The van der Waals surface area contributed by atoms with Gasteiger partial charge in [-0.1, -0.05) is 176 Å². The third kappa shape index (κ3) is 6.31. The number of fused-ring (bicyclic) bond motifs is 9. The molecule has 0 amide bonds. The van der Waals surface area contributed by atoms with E-state index in [1.807, 2.05) is 23.5 Å². The average molecular weight is 846 g/mol. The molecule has 2 heterocycles. The molecule has 13 aromatic rings. The lowest BCUT2D eigenvalue weighted by atomic mass is 9.84. The number of para-hydroxylation sites is 2. The average Bonchev–Trinajstić information content (AvgIpc) is 3.93. The summed E-state index contributed by atoms with van der Waals surface area (Å²) in [5.41, 5.74) is 12.5. The molecule has 0 unspecified atom stereocenters. The van der Waals surface area contributed by atoms with Crippen LogP contribution in [0.4, 0.5) is 17.1 Å². The Morgan fingerprint density at radius 3 is 1.66 bits per heavy atom. The van der Waals surface area contributed by atoms with Gasteiger partial charge in [0.25, 0.3) is 0 Å². The molecule has 0 saturated carbocycles. The monoisotopic (exact) mass is 845 g/mol. The van der Waals surface area contributed by atoms with Crippen molar-refractivity contribution in [2.24, 2.45) is 0 Å². The van der Waals surface area contributed by atoms with E-state index >= 15 is 0 Å². The van der Waals surface area contributed by atoms with Crippen molar-refractivity contribution in [1.29, 1.82) is 0 Å². The fraction of sp³-hybridized carbons (Fsp3) is 0. The molecule has 2 aromatic heterocycles. The fourth-order valence-corrected chi connectivity index (χ4v) is 11.2. The molecule has 0 atom stereocenters. The number of furan rings is 1. The molecule has 3 heteroatoms. The van der Waals surface area contributed by atoms with Gasteiger partial charge in [-0.05, 0) is 126 Å². The third-order valence-corrected chi connectivity index (χ3v) is 14.1. The second-order valence-corrected chi connectivity index (χ2v) is 17.9. The van der Waals surface area contributed by atoms with Gasteiger partial charge >= 0.3 is 0 Å². The Labute approximate surface area is 380 Å². The second kappa shape index (κ2) is 15.2. The number of thiophene rings is 1. The summed E-state index contributed by atoms with van der Waals surface area (Å²) in [5.74, 6) is 0. The Balaban J connectivity index is 0.838. The van der Waals surface area contributed by atoms with Gasteiger partial charge in [-0.25, -0.2) is 0 Å². The van der Waals surface area contributed by atoms with Crippen LogP contribution in [0.1, 0.15) is 11.1 Å². The summed E-state index contributed by atoms with van der Waals surface area (Å²) in [7, 11) is 0. The Kier molecular flexibility index (Phi) is 8.75. The van der Waals surface area contributed by atoms with E-state index in [-0.39, 0.29) is 0 Å². The Morgan fingerprint density at radius 1 is 0.338 bits per heavy atom. The van der Waals surface area contributed by atoms with E-state index in [9.17, 15) is 0 Å². The lowest BCUT2D eigenvalue weighted by molar-refractivity contribution is 0.669. The summed E-state index contributed by atoms with van der Waals surface area (Å²) in [5, 5.41) is 12.4. The first-order valence-corrected chi connectivity index (χ1v) is 23.0. The minimum absolute atomic E-state index is 0.892. The molecule has 13 rings (SSSR count). The number of rotatable bonds is 7. The third-order valence-electron chi connectivity index (χ3n) is 13.0. The molecule has 0 saturated heterocycles. The topological polar surface area (TPSA) is 16.4 Å². The maximum absolute atomic E-state index is 6.16. The van der Waals surface area contributed by atoms with Crippen LogP contribution >= 0.6 is 11.3 Å². The minimum atomic E-state index is 0.892. The van der Waals surface area contributed by atoms with Gasteiger partial charge in [0.15, 0.2) is 0 Å². The van der Waals surface area contributed by atoms with Gasteiger partial charge < -0.3 is 9.32 Å². The number of benzene rings is 11. The fourth-order valence-electron chi connectivity index (χ4n) is 10.0. The molecule has 2 nitrogen and oxygen atoms in total. The maximum atomic E-state index is 6.16. The van der Waals surface area contributed by atoms with Crippen LogP contribution in [-0.2, 0) is 0 Å². The Hall–Kier alpha value is -8.24. The van der Waals surface area contributed by atoms with E-state index in [4.69, 9.17) is 4.42 Å². The smallest absolute Gasteiger partial charge is 0.135 e. The van der Waals surface area contributed by atoms with Crippen LogP contribution in [0.25, 0.3) is 109 Å². The first-order valence-electron chi connectivity index (χ1n) is 22.1. The highest BCUT2D eigenvalue weighted by atomic mass is 32.1. The van der Waals surface area contributed by atoms with Crippen LogP contribution in [-0.4, -0.2) is 0 Å². The molecular weight excluding hydrogens is 807 g/mol. The van der Waals surface area contributed by atoms with Gasteiger partial charge in [0, 0.05) is 48.0 Å². The summed E-state index contributed by atoms with van der Waals surface area (Å²) < 4.78 is 8.75. The summed E-state index contributed by atoms with van der Waals surface area (Å²) >= 11 is 1.88. The van der Waals surface area contributed by atoms with Crippen LogP contribution in [0.2, 0.25) is 0 Å². The Morgan fingerprint density at radius 2 is 0.892 bits per heavy atom. The standard InChI is InChI=1S/C62H39NOS/c1-2-15-44(16-3-1)63(46-33-36-58-56(39-46)48-18-10-11-24-57(48)64-58)45-31-27-40(28-32-45)25-26-41-29-34-49-50-35-30-43(38-60(50)65-59(49)37-41)61-52-19-6-8-21-54(52)62(55-22-9-7-20-53(55)61)51-23-12-14-42-13-4-5-17-47(42)51/h1-39H/b26-25+. The van der Waals surface area contributed by atoms with Crippen molar-refractivity contribution in [3.63, 3.8) is 0 Å². The SMILES string of the molecule is C(=C\c1ccc2c(c1)sc1cc(-c3c4ccccc4c(-c4cccc5ccccc45)c4ccccc34)ccc12)/c1ccc(N(c2ccccc2)c2ccc3oc4ccccc4c3c2)cc1. The molecular formula is C62H39NOS. The number of hydrogen-bond donors (Lipinski definition) is 0. The van der Waals surface area contributed by atoms with Gasteiger partial charge in [-0.2, -0.15) is 0 Å². The molecule has 0 N–H and O–H groups in total. The first-order chi connectivity index (χ1) is 32.2. The van der Waals surface area contributed by atoms with Gasteiger partial charge in [-0.15, -0.1) is 11.3 Å². The lowest BCUT2D eigenvalue weighted by Crippen LogP contribution is -2.09. The molecule has 0 radical (unpaired) electrons. The summed E-state index contributed by atoms with van der Waals surface area (Å²) in [6, 6.07) is 81.4. The van der Waals surface area contributed by atoms with Gasteiger partial charge in [0.05, 0.1) is 0 Å². The Bertz CT molecular complexity index is 3940. The highest BCUT2D eigenvalue weighted by Crippen LogP contribution is 2.47. The van der Waals surface area contributed by atoms with Gasteiger partial charge in [-0.3, -0.25) is 0 Å². The van der Waals surface area contributed by atoms with Gasteiger partial charge in [0.2, 0.25) is 0 Å². The summed E-state index contributed by atoms with van der Waals surface area (Å²) in [6.45, 7) is 0. The molecule has 0 aliphatic rings. The van der Waals surface area contributed by atoms with Crippen molar-refractivity contribution in [2.75, 3.05) is 4.90 Å². The van der Waals surface area contributed by atoms with Crippen LogP contribution < -0.4 is 4.90 Å². The molecule has 0 bridgehead atoms. The van der Waals surface area contributed by atoms with E-state index in [0.717, 1.165) is 44.6 Å². The van der Waals surface area contributed by atoms with E-state index < -0.39 is 0 Å². The second-order valence-electron chi connectivity index (χ2n) is 16.8. The zero-order valence-corrected chi connectivity index (χ0v) is 36.1. The van der Waals surface area contributed by atoms with Crippen molar-refractivity contribution in [3.8, 4) is 22.3 Å². The van der Waals surface area contributed by atoms with Crippen molar-refractivity contribution < 1.29 is 4.42 Å². The number of nitrogens with zero attached hydrogens (tertiary/aromatic N) is 1. The predicted octanol–water partition coefficient (Wildman–Crippen LogP) is 18.4. The molecule has 0 aliphatic carbocycles. The van der Waals surface area contributed by atoms with Crippen molar-refractivity contribution in [3.05, 3.63) is 236 Å². The molecule has 0 spiro atoms. The molecule has 65 heavy (non-hydrogen) atoms. The molecule has 304 valence electrons. The zero-order valence-electron chi connectivity index (χ0n) is 35.3. The van der Waals surface area contributed by atoms with E-state index in [1.54, 1.807) is 0 Å². The number of anilines is 3. The van der Waals surface area contributed by atoms with Crippen LogP contribution in [0.15, 0.2) is 229 Å². The van der Waals surface area contributed by atoms with Crippen LogP contribution in [0.5, 0.6) is 0 Å². The minimum Gasteiger partial charge on any atom is -0.456 e.